The van der Waals surface area contributed by atoms with Crippen LogP contribution < -0.4 is 0 Å². The number of hydrogen-bond donors (Lipinski definition) is 0. The summed E-state index contributed by atoms with van der Waals surface area (Å²) in [7, 11) is 0. The van der Waals surface area contributed by atoms with Crippen molar-refractivity contribution in [3.05, 3.63) is 99.3 Å². The highest BCUT2D eigenvalue weighted by Crippen LogP contribution is 2.47. The second kappa shape index (κ2) is 6.96. The van der Waals surface area contributed by atoms with Crippen molar-refractivity contribution in [2.75, 3.05) is 0 Å². The van der Waals surface area contributed by atoms with E-state index in [-0.39, 0.29) is 11.2 Å². The largest absolute Gasteiger partial charge is 0.310 e. The number of aromatic nitrogens is 2. The van der Waals surface area contributed by atoms with E-state index < -0.39 is 0 Å². The van der Waals surface area contributed by atoms with Crippen LogP contribution in [0.5, 0.6) is 0 Å². The maximum atomic E-state index is 12.8. The van der Waals surface area contributed by atoms with Crippen molar-refractivity contribution in [2.45, 2.75) is 11.1 Å². The van der Waals surface area contributed by atoms with Crippen LogP contribution in [0.1, 0.15) is 32.7 Å². The van der Waals surface area contributed by atoms with Gasteiger partial charge in [-0.2, -0.15) is 0 Å². The maximum Gasteiger partial charge on any atom is 0.193 e. The molecule has 0 aliphatic carbocycles. The lowest BCUT2D eigenvalue weighted by Gasteiger charge is -2.17. The van der Waals surface area contributed by atoms with Crippen molar-refractivity contribution < 1.29 is 4.79 Å². The van der Waals surface area contributed by atoms with Crippen LogP contribution in [0.4, 0.5) is 0 Å². The van der Waals surface area contributed by atoms with Crippen molar-refractivity contribution in [1.82, 2.24) is 9.55 Å². The number of carbonyl (C=O) groups excluding carboxylic acids is 1. The molecule has 1 aliphatic rings. The molecule has 0 amide bonds. The van der Waals surface area contributed by atoms with Gasteiger partial charge >= 0.3 is 0 Å². The minimum atomic E-state index is -0.0307. The first-order valence-corrected chi connectivity index (χ1v) is 10.6. The van der Waals surface area contributed by atoms with Gasteiger partial charge in [-0.3, -0.25) is 4.79 Å². The summed E-state index contributed by atoms with van der Waals surface area (Å²) in [6.45, 7) is 0. The van der Waals surface area contributed by atoms with Crippen molar-refractivity contribution in [3.8, 4) is 0 Å². The summed E-state index contributed by atoms with van der Waals surface area (Å²) < 4.78 is 2.17. The van der Waals surface area contributed by atoms with Crippen molar-refractivity contribution >= 4 is 51.8 Å². The standard InChI is InChI=1S/C22H14Cl2N2OS/c23-15-7-4-8-16(24)20(15)22-26-18-10-9-14(11-17(18)25-19(26)12-28-22)21(27)13-5-2-1-3-6-13/h1-11,22H,12H2. The number of rotatable bonds is 3. The molecule has 0 bridgehead atoms. The van der Waals surface area contributed by atoms with Crippen LogP contribution in [0.2, 0.25) is 10.0 Å². The minimum absolute atomic E-state index is 0.00395. The zero-order chi connectivity index (χ0) is 19.3. The molecular weight excluding hydrogens is 411 g/mol. The highest BCUT2D eigenvalue weighted by Gasteiger charge is 2.30. The Hall–Kier alpha value is -2.27. The third-order valence-electron chi connectivity index (χ3n) is 4.91. The lowest BCUT2D eigenvalue weighted by atomic mass is 10.0. The molecule has 5 rings (SSSR count). The lowest BCUT2D eigenvalue weighted by molar-refractivity contribution is 0.103. The molecular formula is C22H14Cl2N2OS. The molecule has 4 aromatic rings. The fourth-order valence-corrected chi connectivity index (χ4v) is 5.65. The summed E-state index contributed by atoms with van der Waals surface area (Å²) in [5, 5.41) is 1.27. The van der Waals surface area contributed by atoms with E-state index in [0.29, 0.717) is 21.2 Å². The first kappa shape index (κ1) is 17.8. The highest BCUT2D eigenvalue weighted by molar-refractivity contribution is 7.99. The molecule has 1 aromatic heterocycles. The SMILES string of the molecule is O=C(c1ccccc1)c1ccc2c(c1)nc1n2C(c2c(Cl)cccc2Cl)SC1. The molecule has 0 N–H and O–H groups in total. The third-order valence-corrected chi connectivity index (χ3v) is 6.76. The van der Waals surface area contributed by atoms with Gasteiger partial charge in [-0.25, -0.2) is 4.98 Å². The third kappa shape index (κ3) is 2.84. The molecule has 1 unspecified atom stereocenters. The van der Waals surface area contributed by atoms with Gasteiger partial charge in [0, 0.05) is 26.7 Å². The zero-order valence-electron chi connectivity index (χ0n) is 14.6. The van der Waals surface area contributed by atoms with E-state index >= 15 is 0 Å². The molecule has 0 saturated heterocycles. The molecule has 138 valence electrons. The molecule has 6 heteroatoms. The molecule has 28 heavy (non-hydrogen) atoms. The summed E-state index contributed by atoms with van der Waals surface area (Å²) in [6.07, 6.45) is 0. The van der Waals surface area contributed by atoms with Crippen molar-refractivity contribution in [3.63, 3.8) is 0 Å². The first-order chi connectivity index (χ1) is 13.6. The maximum absolute atomic E-state index is 12.8. The quantitative estimate of drug-likeness (QED) is 0.358. The van der Waals surface area contributed by atoms with E-state index in [1.807, 2.05) is 66.7 Å². The highest BCUT2D eigenvalue weighted by atomic mass is 35.5. The summed E-state index contributed by atoms with van der Waals surface area (Å²) in [4.78, 5) is 17.5. The second-order valence-electron chi connectivity index (χ2n) is 6.60. The van der Waals surface area contributed by atoms with Crippen LogP contribution in [0.15, 0.2) is 66.7 Å². The van der Waals surface area contributed by atoms with Crippen molar-refractivity contribution in [2.24, 2.45) is 0 Å². The average Bonchev–Trinajstić information content (AvgIpc) is 3.27. The number of carbonyl (C=O) groups is 1. The summed E-state index contributed by atoms with van der Waals surface area (Å²) >= 11 is 14.7. The van der Waals surface area contributed by atoms with Crippen LogP contribution in [-0.4, -0.2) is 15.3 Å². The number of fused-ring (bicyclic) bond motifs is 3. The predicted octanol–water partition coefficient (Wildman–Crippen LogP) is 6.37. The summed E-state index contributed by atoms with van der Waals surface area (Å²) in [5.74, 6) is 1.73. The molecule has 3 nitrogen and oxygen atoms in total. The van der Waals surface area contributed by atoms with Gasteiger partial charge in [0.25, 0.3) is 0 Å². The number of nitrogens with zero attached hydrogens (tertiary/aromatic N) is 2. The van der Waals surface area contributed by atoms with Crippen LogP contribution in [0, 0.1) is 0 Å². The van der Waals surface area contributed by atoms with E-state index in [1.165, 1.54) is 0 Å². The summed E-state index contributed by atoms with van der Waals surface area (Å²) in [5.41, 5.74) is 3.99. The zero-order valence-corrected chi connectivity index (χ0v) is 16.9. The molecule has 2 heterocycles. The molecule has 1 aliphatic heterocycles. The molecule has 0 saturated carbocycles. The smallest absolute Gasteiger partial charge is 0.193 e. The fourth-order valence-electron chi connectivity index (χ4n) is 3.60. The number of halogens is 2. The molecule has 3 aromatic carbocycles. The Kier molecular flexibility index (Phi) is 4.43. The Balaban J connectivity index is 1.60. The van der Waals surface area contributed by atoms with Gasteiger partial charge in [0.15, 0.2) is 5.78 Å². The Morgan fingerprint density at radius 2 is 1.71 bits per heavy atom. The fraction of sp³-hybridized carbons (Fsp3) is 0.0909. The van der Waals surface area contributed by atoms with Gasteiger partial charge in [0.2, 0.25) is 0 Å². The van der Waals surface area contributed by atoms with Crippen molar-refractivity contribution in [1.29, 1.82) is 0 Å². The van der Waals surface area contributed by atoms with Crippen LogP contribution in [0.3, 0.4) is 0 Å². The number of imidazole rings is 1. The normalized spacial score (nSPS) is 15.7. The average molecular weight is 425 g/mol. The topological polar surface area (TPSA) is 34.9 Å². The first-order valence-electron chi connectivity index (χ1n) is 8.79. The van der Waals surface area contributed by atoms with Gasteiger partial charge in [0.1, 0.15) is 11.2 Å². The number of ketones is 1. The second-order valence-corrected chi connectivity index (χ2v) is 8.48. The Labute approximate surface area is 176 Å². The molecule has 0 spiro atoms. The van der Waals surface area contributed by atoms with Crippen LogP contribution >= 0.6 is 35.0 Å². The monoisotopic (exact) mass is 424 g/mol. The number of hydrogen-bond acceptors (Lipinski definition) is 3. The van der Waals surface area contributed by atoms with E-state index in [9.17, 15) is 4.79 Å². The van der Waals surface area contributed by atoms with Gasteiger partial charge in [0.05, 0.1) is 16.8 Å². The van der Waals surface area contributed by atoms with E-state index in [0.717, 1.165) is 28.2 Å². The minimum Gasteiger partial charge on any atom is -0.310 e. The summed E-state index contributed by atoms with van der Waals surface area (Å²) in [6, 6.07) is 20.5. The van der Waals surface area contributed by atoms with Gasteiger partial charge < -0.3 is 4.57 Å². The van der Waals surface area contributed by atoms with Crippen LogP contribution in [-0.2, 0) is 5.75 Å². The van der Waals surface area contributed by atoms with E-state index in [4.69, 9.17) is 28.2 Å². The van der Waals surface area contributed by atoms with E-state index in [2.05, 4.69) is 4.57 Å². The number of thioether (sulfide) groups is 1. The molecule has 1 atom stereocenters. The predicted molar refractivity (Wildman–Crippen MR) is 116 cm³/mol. The van der Waals surface area contributed by atoms with Gasteiger partial charge in [-0.05, 0) is 30.3 Å². The molecule has 0 fully saturated rings. The Bertz CT molecular complexity index is 1200. The van der Waals surface area contributed by atoms with Gasteiger partial charge in [-0.15, -0.1) is 11.8 Å². The Morgan fingerprint density at radius 1 is 0.964 bits per heavy atom. The lowest BCUT2D eigenvalue weighted by Crippen LogP contribution is -2.05. The van der Waals surface area contributed by atoms with Crippen LogP contribution in [0.25, 0.3) is 11.0 Å². The Morgan fingerprint density at radius 3 is 2.46 bits per heavy atom. The molecule has 0 radical (unpaired) electrons. The van der Waals surface area contributed by atoms with E-state index in [1.54, 1.807) is 11.8 Å². The number of benzene rings is 3. The van der Waals surface area contributed by atoms with Gasteiger partial charge in [-0.1, -0.05) is 59.6 Å².